The van der Waals surface area contributed by atoms with Gasteiger partial charge in [-0.1, -0.05) is 12.8 Å². The Kier molecular flexibility index (Phi) is 5.35. The van der Waals surface area contributed by atoms with E-state index < -0.39 is 5.97 Å². The zero-order valence-corrected chi connectivity index (χ0v) is 14.9. The zero-order valence-electron chi connectivity index (χ0n) is 14.9. The van der Waals surface area contributed by atoms with Gasteiger partial charge in [-0.15, -0.1) is 0 Å². The number of benzene rings is 1. The van der Waals surface area contributed by atoms with Crippen molar-refractivity contribution >= 4 is 11.7 Å². The summed E-state index contributed by atoms with van der Waals surface area (Å²) in [6.07, 6.45) is 4.25. The Bertz CT molecular complexity index is 874. The minimum Gasteiger partial charge on any atom is -0.469 e. The normalized spacial score (nSPS) is 15.4. The molecule has 0 radical (unpaired) electrons. The summed E-state index contributed by atoms with van der Waals surface area (Å²) in [6, 6.07) is 5.78. The summed E-state index contributed by atoms with van der Waals surface area (Å²) in [7, 11) is 1.30. The summed E-state index contributed by atoms with van der Waals surface area (Å²) >= 11 is 0. The third-order valence-corrected chi connectivity index (χ3v) is 4.66. The average Bonchev–Trinajstić information content (AvgIpc) is 3.23. The molecule has 0 saturated heterocycles. The number of carbonyl (C=O) groups excluding carboxylic acids is 1. The predicted octanol–water partition coefficient (Wildman–Crippen LogP) is 2.77. The molecule has 26 heavy (non-hydrogen) atoms. The number of halogens is 1. The number of aromatic nitrogens is 2. The first kappa shape index (κ1) is 18.1. The van der Waals surface area contributed by atoms with Crippen LogP contribution in [0.3, 0.4) is 0 Å². The van der Waals surface area contributed by atoms with Crippen molar-refractivity contribution in [2.75, 3.05) is 7.11 Å². The monoisotopic (exact) mass is 359 g/mol. The molecule has 1 heterocycles. The van der Waals surface area contributed by atoms with E-state index in [1.807, 2.05) is 0 Å². The molecule has 0 atom stereocenters. The molecule has 3 rings (SSSR count). The number of nitrogens with one attached hydrogen (secondary N) is 1. The molecule has 0 spiro atoms. The fraction of sp³-hybridized carbons (Fsp3) is 0.421. The zero-order chi connectivity index (χ0) is 18.7. The van der Waals surface area contributed by atoms with Crippen molar-refractivity contribution in [3.8, 4) is 5.69 Å². The fourth-order valence-corrected chi connectivity index (χ4v) is 3.34. The largest absolute Gasteiger partial charge is 0.469 e. The molecule has 6 nitrogen and oxygen atoms in total. The second kappa shape index (κ2) is 7.68. The standard InChI is InChI=1S/C19H22FN3O3/c1-12(21-14-5-3-4-6-14)18-16(11-17(24)26-2)22-23(19(18)25)15-9-7-13(20)8-10-15/h7-10,14,22H,3-6,11H2,1-2H3. The molecule has 138 valence electrons. The lowest BCUT2D eigenvalue weighted by Crippen LogP contribution is -2.21. The molecule has 2 aromatic rings. The molecular weight excluding hydrogens is 337 g/mol. The van der Waals surface area contributed by atoms with Crippen LogP contribution >= 0.6 is 0 Å². The van der Waals surface area contributed by atoms with Gasteiger partial charge in [-0.05, 0) is 44.0 Å². The quantitative estimate of drug-likeness (QED) is 0.659. The van der Waals surface area contributed by atoms with Crippen molar-refractivity contribution in [2.45, 2.75) is 45.1 Å². The maximum Gasteiger partial charge on any atom is 0.311 e. The highest BCUT2D eigenvalue weighted by atomic mass is 19.1. The Morgan fingerprint density at radius 3 is 2.58 bits per heavy atom. The maximum absolute atomic E-state index is 13.2. The van der Waals surface area contributed by atoms with E-state index in [2.05, 4.69) is 5.10 Å². The van der Waals surface area contributed by atoms with Crippen molar-refractivity contribution in [1.82, 2.24) is 9.78 Å². The third-order valence-electron chi connectivity index (χ3n) is 4.66. The molecule has 0 aliphatic heterocycles. The second-order valence-electron chi connectivity index (χ2n) is 6.49. The van der Waals surface area contributed by atoms with E-state index in [4.69, 9.17) is 9.73 Å². The van der Waals surface area contributed by atoms with Crippen molar-refractivity contribution in [3.63, 3.8) is 0 Å². The number of esters is 1. The van der Waals surface area contributed by atoms with Crippen LogP contribution in [-0.4, -0.2) is 34.6 Å². The van der Waals surface area contributed by atoms with Crippen LogP contribution in [0.5, 0.6) is 0 Å². The van der Waals surface area contributed by atoms with Gasteiger partial charge in [-0.25, -0.2) is 9.07 Å². The van der Waals surface area contributed by atoms with Crippen molar-refractivity contribution in [1.29, 1.82) is 0 Å². The van der Waals surface area contributed by atoms with E-state index in [-0.39, 0.29) is 23.8 Å². The molecule has 0 unspecified atom stereocenters. The molecule has 0 amide bonds. The number of ether oxygens (including phenoxy) is 1. The van der Waals surface area contributed by atoms with Gasteiger partial charge in [-0.2, -0.15) is 0 Å². The molecule has 1 aliphatic carbocycles. The van der Waals surface area contributed by atoms with Crippen LogP contribution in [0.25, 0.3) is 5.69 Å². The van der Waals surface area contributed by atoms with E-state index in [1.54, 1.807) is 6.92 Å². The Balaban J connectivity index is 2.06. The molecule has 7 heteroatoms. The second-order valence-corrected chi connectivity index (χ2v) is 6.49. The Labute approximate surface area is 150 Å². The number of hydrogen-bond acceptors (Lipinski definition) is 4. The first-order valence-electron chi connectivity index (χ1n) is 8.71. The highest BCUT2D eigenvalue weighted by molar-refractivity contribution is 6.00. The van der Waals surface area contributed by atoms with Gasteiger partial charge < -0.3 is 4.74 Å². The number of carbonyl (C=O) groups is 1. The Morgan fingerprint density at radius 2 is 1.96 bits per heavy atom. The number of hydrogen-bond donors (Lipinski definition) is 1. The lowest BCUT2D eigenvalue weighted by molar-refractivity contribution is -0.139. The number of rotatable bonds is 5. The van der Waals surface area contributed by atoms with Crippen LogP contribution in [0, 0.1) is 5.82 Å². The Morgan fingerprint density at radius 1 is 1.31 bits per heavy atom. The molecule has 1 fully saturated rings. The first-order chi connectivity index (χ1) is 12.5. The van der Waals surface area contributed by atoms with Gasteiger partial charge in [0.1, 0.15) is 5.82 Å². The molecule has 1 aromatic heterocycles. The fourth-order valence-electron chi connectivity index (χ4n) is 3.34. The summed E-state index contributed by atoms with van der Waals surface area (Å²) in [5, 5.41) is 2.96. The van der Waals surface area contributed by atoms with Crippen molar-refractivity contribution in [2.24, 2.45) is 4.99 Å². The van der Waals surface area contributed by atoms with E-state index >= 15 is 0 Å². The van der Waals surface area contributed by atoms with E-state index in [9.17, 15) is 14.0 Å². The summed E-state index contributed by atoms with van der Waals surface area (Å²) in [5.41, 5.74) is 1.62. The number of methoxy groups -OCH3 is 1. The van der Waals surface area contributed by atoms with E-state index in [0.29, 0.717) is 22.7 Å². The molecule has 1 aromatic carbocycles. The molecular formula is C19H22FN3O3. The molecule has 1 N–H and O–H groups in total. The third kappa shape index (κ3) is 3.76. The van der Waals surface area contributed by atoms with Crippen LogP contribution in [0.2, 0.25) is 0 Å². The molecule has 0 bridgehead atoms. The number of aromatic amines is 1. The van der Waals surface area contributed by atoms with Gasteiger partial charge in [0, 0.05) is 5.71 Å². The van der Waals surface area contributed by atoms with E-state index in [0.717, 1.165) is 25.7 Å². The maximum atomic E-state index is 13.2. The predicted molar refractivity (Wildman–Crippen MR) is 96.5 cm³/mol. The van der Waals surface area contributed by atoms with Crippen molar-refractivity contribution in [3.05, 3.63) is 51.7 Å². The van der Waals surface area contributed by atoms with Crippen LogP contribution < -0.4 is 5.56 Å². The van der Waals surface area contributed by atoms with Gasteiger partial charge in [0.15, 0.2) is 0 Å². The van der Waals surface area contributed by atoms with Gasteiger partial charge in [0.25, 0.3) is 5.56 Å². The van der Waals surface area contributed by atoms with Crippen LogP contribution in [0.1, 0.15) is 43.9 Å². The average molecular weight is 359 g/mol. The van der Waals surface area contributed by atoms with Crippen LogP contribution in [0.15, 0.2) is 34.1 Å². The lowest BCUT2D eigenvalue weighted by atomic mass is 10.1. The summed E-state index contributed by atoms with van der Waals surface area (Å²) < 4.78 is 19.2. The van der Waals surface area contributed by atoms with Crippen LogP contribution in [0.4, 0.5) is 4.39 Å². The van der Waals surface area contributed by atoms with Gasteiger partial charge in [0.2, 0.25) is 0 Å². The highest BCUT2D eigenvalue weighted by Gasteiger charge is 2.22. The van der Waals surface area contributed by atoms with Crippen molar-refractivity contribution < 1.29 is 13.9 Å². The minimum atomic E-state index is -0.451. The lowest BCUT2D eigenvalue weighted by Gasteiger charge is -2.05. The van der Waals surface area contributed by atoms with Gasteiger partial charge >= 0.3 is 5.97 Å². The Hall–Kier alpha value is -2.70. The number of aliphatic imine (C=N–C) groups is 1. The summed E-state index contributed by atoms with van der Waals surface area (Å²) in [5.74, 6) is -0.838. The smallest absolute Gasteiger partial charge is 0.311 e. The highest BCUT2D eigenvalue weighted by Crippen LogP contribution is 2.22. The van der Waals surface area contributed by atoms with E-state index in [1.165, 1.54) is 36.1 Å². The molecule has 1 saturated carbocycles. The first-order valence-corrected chi connectivity index (χ1v) is 8.71. The number of nitrogens with zero attached hydrogens (tertiary/aromatic N) is 2. The SMILES string of the molecule is COC(=O)Cc1[nH]n(-c2ccc(F)cc2)c(=O)c1C(C)=NC1CCCC1. The van der Waals surface area contributed by atoms with Gasteiger partial charge in [0.05, 0.1) is 36.5 Å². The van der Waals surface area contributed by atoms with Crippen LogP contribution in [-0.2, 0) is 16.0 Å². The number of H-pyrrole nitrogens is 1. The minimum absolute atomic E-state index is 0.0627. The summed E-state index contributed by atoms with van der Waals surface area (Å²) in [6.45, 7) is 1.79. The topological polar surface area (TPSA) is 76.5 Å². The summed E-state index contributed by atoms with van der Waals surface area (Å²) in [4.78, 5) is 29.4. The molecule has 1 aliphatic rings. The van der Waals surface area contributed by atoms with Gasteiger partial charge in [-0.3, -0.25) is 19.7 Å².